The summed E-state index contributed by atoms with van der Waals surface area (Å²) in [6, 6.07) is 0. The van der Waals surface area contributed by atoms with Gasteiger partial charge < -0.3 is 46.6 Å². The van der Waals surface area contributed by atoms with E-state index in [0.717, 1.165) is 6.08 Å². The first-order valence-corrected chi connectivity index (χ1v) is 7.25. The monoisotopic (exact) mass is 455 g/mol. The fourth-order valence-electron chi connectivity index (χ4n) is 0.857. The average Bonchev–Trinajstić information content (AvgIpc) is 2.59. The van der Waals surface area contributed by atoms with Gasteiger partial charge >= 0.3 is 41.8 Å². The van der Waals surface area contributed by atoms with Crippen molar-refractivity contribution < 1.29 is 74.4 Å². The van der Waals surface area contributed by atoms with Crippen LogP contribution in [0.1, 0.15) is 12.8 Å². The molecule has 0 aromatic rings. The molecule has 0 bridgehead atoms. The number of rotatable bonds is 9. The molecule has 0 radical (unpaired) electrons. The standard InChI is InChI=1S/C6H8O7.C4H4O4.C3H4O2.C2H5NO2/c7-3(8)1-6(13,5(11)12)2-4(9)10;5-3(6)1-2-4(7)8;1-2-3(4)5;3-1-2(4)5/h13H,1-2H2,(H,7,8)(H,9,10)(H,11,12);1-2H,(H,5,6)(H,7,8);2H,1H2,(H,4,5);1,3H2,(H,4,5). The van der Waals surface area contributed by atoms with Crippen molar-refractivity contribution in [3.63, 3.8) is 0 Å². The van der Waals surface area contributed by atoms with Crippen molar-refractivity contribution in [2.24, 2.45) is 5.73 Å². The van der Waals surface area contributed by atoms with Crippen LogP contribution in [-0.4, -0.2) is 94.8 Å². The molecule has 0 aromatic heterocycles. The van der Waals surface area contributed by atoms with Gasteiger partial charge in [0.25, 0.3) is 0 Å². The van der Waals surface area contributed by atoms with Crippen LogP contribution in [0.5, 0.6) is 0 Å². The highest BCUT2D eigenvalue weighted by atomic mass is 16.4. The summed E-state index contributed by atoms with van der Waals surface area (Å²) in [7, 11) is 0. The lowest BCUT2D eigenvalue weighted by atomic mass is 9.96. The van der Waals surface area contributed by atoms with Crippen molar-refractivity contribution in [2.45, 2.75) is 18.4 Å². The van der Waals surface area contributed by atoms with Crippen LogP contribution in [0.25, 0.3) is 0 Å². The molecule has 16 heteroatoms. The fraction of sp³-hybridized carbons (Fsp3) is 0.267. The third-order valence-electron chi connectivity index (χ3n) is 2.00. The lowest BCUT2D eigenvalue weighted by Crippen LogP contribution is -2.42. The van der Waals surface area contributed by atoms with Gasteiger partial charge in [-0.25, -0.2) is 19.2 Å². The number of hydrogen-bond acceptors (Lipinski definition) is 9. The minimum absolute atomic E-state index is 0.278. The van der Waals surface area contributed by atoms with Gasteiger partial charge in [0, 0.05) is 18.2 Å². The van der Waals surface area contributed by atoms with Crippen LogP contribution < -0.4 is 5.73 Å². The van der Waals surface area contributed by atoms with Crippen molar-refractivity contribution in [2.75, 3.05) is 6.54 Å². The zero-order valence-electron chi connectivity index (χ0n) is 15.6. The maximum atomic E-state index is 10.3. The van der Waals surface area contributed by atoms with Crippen molar-refractivity contribution in [1.82, 2.24) is 0 Å². The summed E-state index contributed by atoms with van der Waals surface area (Å²) in [4.78, 5) is 68.1. The predicted octanol–water partition coefficient (Wildman–Crippen LogP) is -2.25. The second kappa shape index (κ2) is 19.0. The summed E-state index contributed by atoms with van der Waals surface area (Å²) in [6.07, 6.45) is -0.339. The topological polar surface area (TPSA) is 307 Å². The van der Waals surface area contributed by atoms with Crippen LogP contribution in [0.3, 0.4) is 0 Å². The molecule has 16 nitrogen and oxygen atoms in total. The number of carboxylic acid groups (broad SMARTS) is 7. The number of nitrogens with two attached hydrogens (primary N) is 1. The summed E-state index contributed by atoms with van der Waals surface area (Å²) in [6.45, 7) is 2.68. The first-order valence-electron chi connectivity index (χ1n) is 7.25. The molecule has 31 heavy (non-hydrogen) atoms. The highest BCUT2D eigenvalue weighted by Crippen LogP contribution is 2.15. The van der Waals surface area contributed by atoms with Crippen LogP contribution in [-0.2, 0) is 33.6 Å². The van der Waals surface area contributed by atoms with E-state index in [1.807, 2.05) is 0 Å². The van der Waals surface area contributed by atoms with Crippen LogP contribution in [0.4, 0.5) is 0 Å². The zero-order chi connectivity index (χ0) is 25.8. The van der Waals surface area contributed by atoms with Gasteiger partial charge in [0.05, 0.1) is 19.4 Å². The lowest BCUT2D eigenvalue weighted by Gasteiger charge is -2.18. The van der Waals surface area contributed by atoms with Crippen LogP contribution in [0.2, 0.25) is 0 Å². The molecular formula is C15H21NO15. The minimum atomic E-state index is -2.74. The molecule has 0 rings (SSSR count). The Bertz CT molecular complexity index is 663. The van der Waals surface area contributed by atoms with Crippen LogP contribution >= 0.6 is 0 Å². The second-order valence-corrected chi connectivity index (χ2v) is 4.63. The number of carboxylic acids is 7. The van der Waals surface area contributed by atoms with Gasteiger partial charge in [-0.05, 0) is 0 Å². The number of aliphatic hydroxyl groups is 1. The van der Waals surface area contributed by atoms with Crippen molar-refractivity contribution >= 4 is 41.8 Å². The van der Waals surface area contributed by atoms with E-state index in [9.17, 15) is 33.6 Å². The van der Waals surface area contributed by atoms with Gasteiger partial charge in [0.15, 0.2) is 5.60 Å². The van der Waals surface area contributed by atoms with Gasteiger partial charge in [-0.1, -0.05) is 6.58 Å². The van der Waals surface area contributed by atoms with E-state index in [-0.39, 0.29) is 6.54 Å². The molecule has 176 valence electrons. The Kier molecular flexibility index (Phi) is 21.0. The van der Waals surface area contributed by atoms with Gasteiger partial charge in [0.2, 0.25) is 0 Å². The Morgan fingerprint density at radius 3 is 1.03 bits per heavy atom. The highest BCUT2D eigenvalue weighted by Gasteiger charge is 2.40. The molecular weight excluding hydrogens is 434 g/mol. The molecule has 0 saturated heterocycles. The van der Waals surface area contributed by atoms with Crippen molar-refractivity contribution in [3.8, 4) is 0 Å². The smallest absolute Gasteiger partial charge is 0.336 e. The zero-order valence-corrected chi connectivity index (χ0v) is 15.6. The van der Waals surface area contributed by atoms with E-state index in [0.29, 0.717) is 12.2 Å². The third kappa shape index (κ3) is 33.7. The SMILES string of the molecule is C=CC(=O)O.NCC(=O)O.O=C(O)C=CC(=O)O.O=C(O)CC(O)(CC(=O)O)C(=O)O. The second-order valence-electron chi connectivity index (χ2n) is 4.63. The molecule has 0 aliphatic rings. The first kappa shape index (κ1) is 34.2. The molecule has 0 aliphatic carbocycles. The Balaban J connectivity index is -0.000000173. The Hall–Kier alpha value is -4.31. The molecule has 10 N–H and O–H groups in total. The first-order chi connectivity index (χ1) is 13.9. The van der Waals surface area contributed by atoms with E-state index >= 15 is 0 Å². The Labute approximate surface area is 172 Å². The summed E-state index contributed by atoms with van der Waals surface area (Å²) >= 11 is 0. The molecule has 0 spiro atoms. The minimum Gasteiger partial charge on any atom is -0.481 e. The van der Waals surface area contributed by atoms with Crippen LogP contribution in [0.15, 0.2) is 24.8 Å². The average molecular weight is 455 g/mol. The summed E-state index contributed by atoms with van der Waals surface area (Å²) in [5.74, 6) is -9.48. The highest BCUT2D eigenvalue weighted by molar-refractivity contribution is 5.89. The molecule has 0 aromatic carbocycles. The largest absolute Gasteiger partial charge is 0.481 e. The molecule has 0 fully saturated rings. The number of aliphatic carboxylic acids is 7. The van der Waals surface area contributed by atoms with Gasteiger partial charge in [0.1, 0.15) is 0 Å². The van der Waals surface area contributed by atoms with E-state index in [2.05, 4.69) is 12.3 Å². The summed E-state index contributed by atoms with van der Waals surface area (Å²) in [5, 5.41) is 64.6. The molecule has 0 atom stereocenters. The van der Waals surface area contributed by atoms with E-state index in [4.69, 9.17) is 40.9 Å². The van der Waals surface area contributed by atoms with E-state index in [1.165, 1.54) is 0 Å². The third-order valence-corrected chi connectivity index (χ3v) is 2.00. The molecule has 0 saturated carbocycles. The van der Waals surface area contributed by atoms with Crippen LogP contribution in [0, 0.1) is 0 Å². The van der Waals surface area contributed by atoms with E-state index in [1.54, 1.807) is 0 Å². The Morgan fingerprint density at radius 1 is 0.677 bits per heavy atom. The van der Waals surface area contributed by atoms with Gasteiger partial charge in [-0.15, -0.1) is 0 Å². The van der Waals surface area contributed by atoms with Crippen molar-refractivity contribution in [3.05, 3.63) is 24.8 Å². The van der Waals surface area contributed by atoms with Gasteiger partial charge in [-0.3, -0.25) is 14.4 Å². The maximum absolute atomic E-state index is 10.3. The molecule has 0 unspecified atom stereocenters. The van der Waals surface area contributed by atoms with Gasteiger partial charge in [-0.2, -0.15) is 0 Å². The quantitative estimate of drug-likeness (QED) is 0.166. The lowest BCUT2D eigenvalue weighted by molar-refractivity contribution is -0.170. The summed E-state index contributed by atoms with van der Waals surface area (Å²) in [5.41, 5.74) is 1.83. The normalized spacial score (nSPS) is 9.23. The number of carbonyl (C=O) groups is 7. The van der Waals surface area contributed by atoms with Crippen molar-refractivity contribution in [1.29, 1.82) is 0 Å². The molecule has 0 aliphatic heterocycles. The maximum Gasteiger partial charge on any atom is 0.336 e. The summed E-state index contributed by atoms with van der Waals surface area (Å²) < 4.78 is 0. The Morgan fingerprint density at radius 2 is 0.935 bits per heavy atom. The fourth-order valence-corrected chi connectivity index (χ4v) is 0.857. The number of hydrogen-bond donors (Lipinski definition) is 9. The molecule has 0 amide bonds. The van der Waals surface area contributed by atoms with E-state index < -0.39 is 60.2 Å². The molecule has 0 heterocycles. The predicted molar refractivity (Wildman–Crippen MR) is 96.0 cm³/mol.